The third-order valence-corrected chi connectivity index (χ3v) is 16.1. The number of nitrogens with zero attached hydrogens (tertiary/aromatic N) is 1. The van der Waals surface area contributed by atoms with Crippen LogP contribution in [0.25, 0.3) is 0 Å². The molecular formula is C45H56BrN3O11. The summed E-state index contributed by atoms with van der Waals surface area (Å²) in [6.07, 6.45) is 7.97. The molecule has 3 amide bonds. The molecule has 14 nitrogen and oxygen atoms in total. The molecule has 7 aliphatic rings. The van der Waals surface area contributed by atoms with Gasteiger partial charge in [0.1, 0.15) is 12.6 Å². The normalized spacial score (nSPS) is 37.9. The fourth-order valence-electron chi connectivity index (χ4n) is 13.0. The predicted molar refractivity (Wildman–Crippen MR) is 219 cm³/mol. The number of Topliss-reactive ketones (excluding diaryl/α,β-unsaturated/α-hetero) is 1. The van der Waals surface area contributed by atoms with E-state index in [2.05, 4.69) is 45.6 Å². The number of nitrogens with one attached hydrogen (secondary N) is 2. The first-order valence-corrected chi connectivity index (χ1v) is 22.5. The van der Waals surface area contributed by atoms with Crippen LogP contribution in [0, 0.1) is 46.3 Å². The number of likely N-dealkylation sites (tertiary alicyclic amines) is 1. The van der Waals surface area contributed by atoms with Crippen molar-refractivity contribution in [2.75, 3.05) is 31.6 Å². The number of amides is 3. The summed E-state index contributed by atoms with van der Waals surface area (Å²) in [5, 5.41) is 36.7. The molecule has 2 aliphatic heterocycles. The Morgan fingerprint density at radius 1 is 1.03 bits per heavy atom. The number of allylic oxidation sites excluding steroid dienone is 4. The molecule has 0 spiro atoms. The number of carbonyl (C=O) groups is 6. The molecule has 6 fully saturated rings. The zero-order chi connectivity index (χ0) is 42.7. The Labute approximate surface area is 358 Å². The average molecular weight is 895 g/mol. The minimum Gasteiger partial charge on any atom is -0.481 e. The van der Waals surface area contributed by atoms with E-state index in [1.807, 2.05) is 25.1 Å². The Bertz CT molecular complexity index is 1980. The maximum absolute atomic E-state index is 14.0. The van der Waals surface area contributed by atoms with E-state index in [0.717, 1.165) is 48.8 Å². The van der Waals surface area contributed by atoms with E-state index >= 15 is 0 Å². The maximum Gasteiger partial charge on any atom is 0.303 e. The summed E-state index contributed by atoms with van der Waals surface area (Å²) in [5.74, 6) is -1.77. The van der Waals surface area contributed by atoms with Crippen LogP contribution in [0.15, 0.2) is 48.1 Å². The van der Waals surface area contributed by atoms with Crippen molar-refractivity contribution in [2.24, 2.45) is 46.3 Å². The second-order valence-electron chi connectivity index (χ2n) is 18.8. The number of carbonyl (C=O) groups excluding carboxylic acids is 5. The third kappa shape index (κ3) is 7.39. The largest absolute Gasteiger partial charge is 0.481 e. The zero-order valence-corrected chi connectivity index (χ0v) is 35.7. The summed E-state index contributed by atoms with van der Waals surface area (Å²) >= 11 is 3.02. The molecule has 2 saturated heterocycles. The highest BCUT2D eigenvalue weighted by Crippen LogP contribution is 2.70. The second kappa shape index (κ2) is 16.5. The quantitative estimate of drug-likeness (QED) is 0.182. The molecule has 5 aliphatic carbocycles. The Kier molecular flexibility index (Phi) is 11.8. The lowest BCUT2D eigenvalue weighted by Crippen LogP contribution is -2.63. The van der Waals surface area contributed by atoms with Crippen LogP contribution in [0.4, 0.5) is 0 Å². The molecule has 0 aromatic heterocycles. The van der Waals surface area contributed by atoms with Crippen LogP contribution in [0.5, 0.6) is 0 Å². The van der Waals surface area contributed by atoms with Gasteiger partial charge in [-0.2, -0.15) is 0 Å². The SMILES string of the molecule is C[C@]12C=CC(=O)C=C1CC[C@@H]1[C@@H]2[C@@H](O)C[C@@]2(C)[C@H]1C[C@H]1O[C@@H](c3ccc(CC4CC5CN(C(=O)[C@H](CCC(=O)O)NC(=O)CNC(=O)CBr)CC5C4)cc3)O[C@]12C(=O)CO. The molecule has 5 N–H and O–H groups in total. The van der Waals surface area contributed by atoms with Crippen LogP contribution in [-0.4, -0.2) is 111 Å². The molecule has 4 saturated carbocycles. The topological polar surface area (TPSA) is 209 Å². The van der Waals surface area contributed by atoms with Crippen molar-refractivity contribution in [2.45, 2.75) is 102 Å². The molecule has 1 aromatic rings. The molecular weight excluding hydrogens is 838 g/mol. The highest BCUT2D eigenvalue weighted by molar-refractivity contribution is 9.09. The third-order valence-electron chi connectivity index (χ3n) is 15.6. The number of aliphatic hydroxyl groups is 2. The van der Waals surface area contributed by atoms with Crippen molar-refractivity contribution < 1.29 is 53.6 Å². The highest BCUT2D eigenvalue weighted by Gasteiger charge is 2.76. The predicted octanol–water partition coefficient (Wildman–Crippen LogP) is 3.18. The van der Waals surface area contributed by atoms with E-state index in [4.69, 9.17) is 9.47 Å². The van der Waals surface area contributed by atoms with Gasteiger partial charge in [-0.15, -0.1) is 0 Å². The summed E-state index contributed by atoms with van der Waals surface area (Å²) < 4.78 is 13.4. The van der Waals surface area contributed by atoms with Gasteiger partial charge in [0, 0.05) is 41.8 Å². The molecule has 8 rings (SSSR count). The van der Waals surface area contributed by atoms with Gasteiger partial charge < -0.3 is 40.3 Å². The van der Waals surface area contributed by atoms with E-state index in [-0.39, 0.29) is 60.1 Å². The van der Waals surface area contributed by atoms with Gasteiger partial charge in [0.2, 0.25) is 17.7 Å². The monoisotopic (exact) mass is 893 g/mol. The summed E-state index contributed by atoms with van der Waals surface area (Å²) in [5.41, 5.74) is 0.334. The van der Waals surface area contributed by atoms with Crippen molar-refractivity contribution >= 4 is 51.2 Å². The molecule has 2 unspecified atom stereocenters. The number of alkyl halides is 1. The van der Waals surface area contributed by atoms with Crippen LogP contribution >= 0.6 is 15.9 Å². The van der Waals surface area contributed by atoms with Crippen LogP contribution in [0.3, 0.4) is 0 Å². The average Bonchev–Trinajstić information content (AvgIpc) is 3.96. The molecule has 15 heteroatoms. The van der Waals surface area contributed by atoms with Crippen molar-refractivity contribution in [3.63, 3.8) is 0 Å². The molecule has 12 atom stereocenters. The van der Waals surface area contributed by atoms with Crippen LogP contribution in [0.1, 0.15) is 82.6 Å². The number of halogens is 1. The summed E-state index contributed by atoms with van der Waals surface area (Å²) in [6, 6.07) is 7.08. The smallest absolute Gasteiger partial charge is 0.303 e. The minimum atomic E-state index is -1.42. The van der Waals surface area contributed by atoms with Gasteiger partial charge in [-0.25, -0.2) is 0 Å². The zero-order valence-electron chi connectivity index (χ0n) is 34.1. The standard InChI is InChI=1S/C45H56BrN3O11/c1-43-12-11-30(51)16-29(43)7-8-31-32-17-36-45(35(53)23-50,44(32,2)18-34(52)40(31)43)60-42(59-36)26-5-3-24(4-6-26)13-25-14-27-21-49(22-28(27)15-25)41(58)33(9-10-39(56)57)48-38(55)20-47-37(54)19-46/h3-6,11-12,16,25,27-28,31-34,36,40,42,50,52H,7-10,13-15,17-23H2,1-2H3,(H,47,54)(H,48,55)(H,56,57)/t25?,27?,28?,31-,32-,33-,34-,36+,40+,42+,43-,44-,45+/m0/s1. The van der Waals surface area contributed by atoms with E-state index in [0.29, 0.717) is 43.7 Å². The van der Waals surface area contributed by atoms with E-state index < -0.39 is 65.2 Å². The number of hydrogen-bond donors (Lipinski definition) is 5. The molecule has 60 heavy (non-hydrogen) atoms. The number of hydrogen-bond acceptors (Lipinski definition) is 10. The lowest BCUT2D eigenvalue weighted by atomic mass is 9.46. The Balaban J connectivity index is 0.889. The van der Waals surface area contributed by atoms with Gasteiger partial charge in [-0.05, 0) is 98.7 Å². The number of rotatable bonds is 13. The van der Waals surface area contributed by atoms with Crippen molar-refractivity contribution in [1.82, 2.24) is 15.5 Å². The Hall–Kier alpha value is -3.76. The fourth-order valence-corrected chi connectivity index (χ4v) is 13.2. The van der Waals surface area contributed by atoms with E-state index in [9.17, 15) is 44.1 Å². The van der Waals surface area contributed by atoms with Gasteiger partial charge >= 0.3 is 5.97 Å². The number of aliphatic carboxylic acids is 1. The van der Waals surface area contributed by atoms with Crippen molar-refractivity contribution in [1.29, 1.82) is 0 Å². The van der Waals surface area contributed by atoms with Crippen molar-refractivity contribution in [3.05, 3.63) is 59.2 Å². The first-order valence-electron chi connectivity index (χ1n) is 21.4. The van der Waals surface area contributed by atoms with Gasteiger partial charge in [0.25, 0.3) is 0 Å². The Morgan fingerprint density at radius 3 is 2.42 bits per heavy atom. The summed E-state index contributed by atoms with van der Waals surface area (Å²) in [6.45, 7) is 4.23. The lowest BCUT2D eigenvalue weighted by Gasteiger charge is -2.59. The number of fused-ring (bicyclic) bond motifs is 8. The molecule has 324 valence electrons. The first kappa shape index (κ1) is 42.9. The van der Waals surface area contributed by atoms with Gasteiger partial charge in [-0.3, -0.25) is 28.8 Å². The molecule has 2 heterocycles. The Morgan fingerprint density at radius 2 is 1.75 bits per heavy atom. The minimum absolute atomic E-state index is 0.0130. The maximum atomic E-state index is 14.0. The van der Waals surface area contributed by atoms with Crippen molar-refractivity contribution in [3.8, 4) is 0 Å². The highest BCUT2D eigenvalue weighted by atomic mass is 79.9. The van der Waals surface area contributed by atoms with E-state index in [1.165, 1.54) is 0 Å². The first-order chi connectivity index (χ1) is 28.6. The number of ketones is 2. The molecule has 1 aromatic carbocycles. The van der Waals surface area contributed by atoms with Gasteiger partial charge in [0.05, 0.1) is 24.1 Å². The number of aliphatic hydroxyl groups excluding tert-OH is 2. The van der Waals surface area contributed by atoms with Crippen LogP contribution < -0.4 is 10.6 Å². The summed E-state index contributed by atoms with van der Waals surface area (Å²) in [4.78, 5) is 76.9. The van der Waals surface area contributed by atoms with Gasteiger partial charge in [0.15, 0.2) is 23.5 Å². The summed E-state index contributed by atoms with van der Waals surface area (Å²) in [7, 11) is 0. The fraction of sp³-hybridized carbons (Fsp3) is 0.644. The van der Waals surface area contributed by atoms with Gasteiger partial charge in [-0.1, -0.05) is 65.7 Å². The lowest BCUT2D eigenvalue weighted by molar-refractivity contribution is -0.201. The van der Waals surface area contributed by atoms with Crippen LogP contribution in [0.2, 0.25) is 0 Å². The molecule has 0 radical (unpaired) electrons. The van der Waals surface area contributed by atoms with Crippen LogP contribution in [-0.2, 0) is 44.7 Å². The number of ether oxygens (including phenoxy) is 2. The number of carboxylic acids is 1. The van der Waals surface area contributed by atoms with E-state index in [1.54, 1.807) is 17.1 Å². The number of carboxylic acid groups (broad SMARTS) is 1. The number of benzene rings is 1. The second-order valence-corrected chi connectivity index (χ2v) is 19.4. The molecule has 0 bridgehead atoms.